The Morgan fingerprint density at radius 3 is 2.40 bits per heavy atom. The van der Waals surface area contributed by atoms with Crippen LogP contribution in [0.1, 0.15) is 29.0 Å². The van der Waals surface area contributed by atoms with E-state index in [1.54, 1.807) is 24.3 Å². The smallest absolute Gasteiger partial charge is 0.312 e. The molecule has 4 aromatic carbocycles. The molecule has 0 spiro atoms. The van der Waals surface area contributed by atoms with E-state index in [0.29, 0.717) is 23.5 Å². The minimum absolute atomic E-state index is 0.00944. The van der Waals surface area contributed by atoms with Crippen LogP contribution < -0.4 is 14.9 Å². The SMILES string of the molecule is O=C1C[C@H](c2cccc(OCc3ccccc3)c2)c2c(cc(O)c3c(=O)c(O)c(-c4ccc(O)c(O)c4)oc23)O1. The van der Waals surface area contributed by atoms with Crippen LogP contribution in [0.15, 0.2) is 88.1 Å². The lowest BCUT2D eigenvalue weighted by molar-refractivity contribution is -0.135. The van der Waals surface area contributed by atoms with Gasteiger partial charge in [-0.2, -0.15) is 0 Å². The zero-order valence-electron chi connectivity index (χ0n) is 20.8. The first kappa shape index (κ1) is 24.9. The van der Waals surface area contributed by atoms with Gasteiger partial charge in [-0.15, -0.1) is 0 Å². The fourth-order valence-electron chi connectivity index (χ4n) is 4.89. The van der Waals surface area contributed by atoms with Gasteiger partial charge in [0.1, 0.15) is 34.8 Å². The van der Waals surface area contributed by atoms with Crippen molar-refractivity contribution in [2.75, 3.05) is 0 Å². The average Bonchev–Trinajstić information content (AvgIpc) is 2.95. The van der Waals surface area contributed by atoms with E-state index in [1.807, 2.05) is 30.3 Å². The number of phenols is 3. The molecule has 0 unspecified atom stereocenters. The molecular weight excluding hydrogens is 516 g/mol. The lowest BCUT2D eigenvalue weighted by Gasteiger charge is -2.26. The van der Waals surface area contributed by atoms with Gasteiger partial charge in [0.25, 0.3) is 0 Å². The van der Waals surface area contributed by atoms with E-state index in [-0.39, 0.29) is 34.5 Å². The number of rotatable bonds is 5. The molecule has 40 heavy (non-hydrogen) atoms. The Bertz CT molecular complexity index is 1840. The van der Waals surface area contributed by atoms with Crippen LogP contribution in [0.4, 0.5) is 0 Å². The number of benzene rings is 4. The fraction of sp³-hybridized carbons (Fsp3) is 0.0968. The van der Waals surface area contributed by atoms with Crippen LogP contribution >= 0.6 is 0 Å². The number of phenolic OH excluding ortho intramolecular Hbond substituents is 3. The van der Waals surface area contributed by atoms with Gasteiger partial charge in [-0.25, -0.2) is 0 Å². The monoisotopic (exact) mass is 538 g/mol. The second kappa shape index (κ2) is 9.70. The van der Waals surface area contributed by atoms with Crippen LogP contribution in [0.2, 0.25) is 0 Å². The first-order valence-corrected chi connectivity index (χ1v) is 12.4. The van der Waals surface area contributed by atoms with Crippen LogP contribution in [-0.2, 0) is 11.4 Å². The summed E-state index contributed by atoms with van der Waals surface area (Å²) >= 11 is 0. The normalized spacial score (nSPS) is 14.5. The van der Waals surface area contributed by atoms with Crippen molar-refractivity contribution >= 4 is 16.9 Å². The van der Waals surface area contributed by atoms with E-state index in [9.17, 15) is 30.0 Å². The molecule has 0 aliphatic carbocycles. The minimum atomic E-state index is -0.917. The molecule has 2 heterocycles. The molecule has 0 amide bonds. The molecule has 0 saturated carbocycles. The second-order valence-electron chi connectivity index (χ2n) is 9.40. The molecule has 1 atom stereocenters. The lowest BCUT2D eigenvalue weighted by Crippen LogP contribution is -2.22. The van der Waals surface area contributed by atoms with Crippen molar-refractivity contribution in [1.82, 2.24) is 0 Å². The summed E-state index contributed by atoms with van der Waals surface area (Å²) in [4.78, 5) is 25.9. The van der Waals surface area contributed by atoms with Crippen molar-refractivity contribution in [3.63, 3.8) is 0 Å². The zero-order valence-corrected chi connectivity index (χ0v) is 20.8. The van der Waals surface area contributed by atoms with Crippen molar-refractivity contribution in [1.29, 1.82) is 0 Å². The van der Waals surface area contributed by atoms with Gasteiger partial charge in [-0.1, -0.05) is 42.5 Å². The number of esters is 1. The Morgan fingerprint density at radius 1 is 0.825 bits per heavy atom. The summed E-state index contributed by atoms with van der Waals surface area (Å²) in [7, 11) is 0. The highest BCUT2D eigenvalue weighted by Gasteiger charge is 2.34. The molecular formula is C31H22O9. The third-order valence-corrected chi connectivity index (χ3v) is 6.81. The summed E-state index contributed by atoms with van der Waals surface area (Å²) in [6.07, 6.45) is -0.0884. The average molecular weight is 539 g/mol. The molecule has 0 bridgehead atoms. The molecule has 0 radical (unpaired) electrons. The summed E-state index contributed by atoms with van der Waals surface area (Å²) in [5.74, 6) is -3.14. The maximum absolute atomic E-state index is 13.3. The fourth-order valence-corrected chi connectivity index (χ4v) is 4.89. The molecule has 4 N–H and O–H groups in total. The Labute approximate surface area is 226 Å². The molecule has 9 nitrogen and oxygen atoms in total. The predicted molar refractivity (Wildman–Crippen MR) is 144 cm³/mol. The number of carbonyl (C=O) groups excluding carboxylic acids is 1. The van der Waals surface area contributed by atoms with Crippen molar-refractivity contribution in [2.24, 2.45) is 0 Å². The number of hydrogen-bond donors (Lipinski definition) is 4. The second-order valence-corrected chi connectivity index (χ2v) is 9.40. The van der Waals surface area contributed by atoms with E-state index in [1.165, 1.54) is 12.1 Å². The van der Waals surface area contributed by atoms with Crippen LogP contribution in [0.5, 0.6) is 34.5 Å². The van der Waals surface area contributed by atoms with Crippen LogP contribution in [0, 0.1) is 0 Å². The number of fused-ring (bicyclic) bond motifs is 3. The maximum Gasteiger partial charge on any atom is 0.312 e. The molecule has 1 aliphatic heterocycles. The molecule has 200 valence electrons. The van der Waals surface area contributed by atoms with Crippen molar-refractivity contribution in [3.05, 3.63) is 106 Å². The Balaban J connectivity index is 1.51. The summed E-state index contributed by atoms with van der Waals surface area (Å²) in [6.45, 7) is 0.335. The maximum atomic E-state index is 13.3. The van der Waals surface area contributed by atoms with Gasteiger partial charge in [0.2, 0.25) is 11.2 Å². The standard InChI is InChI=1S/C31H22O9/c32-21-10-9-18(12-22(21)33)30-29(37)28(36)27-23(34)14-24-26(31(27)40-30)20(13-25(35)39-24)17-7-4-8-19(11-17)38-15-16-5-2-1-3-6-16/h1-12,14,20,32-34,37H,13,15H2/t20-/m1/s1. The van der Waals surface area contributed by atoms with Crippen molar-refractivity contribution < 1.29 is 39.1 Å². The van der Waals surface area contributed by atoms with E-state index in [2.05, 4.69) is 0 Å². The quantitative estimate of drug-likeness (QED) is 0.133. The number of aromatic hydroxyl groups is 4. The third kappa shape index (κ3) is 4.33. The van der Waals surface area contributed by atoms with E-state index >= 15 is 0 Å². The molecule has 0 fully saturated rings. The van der Waals surface area contributed by atoms with E-state index in [0.717, 1.165) is 17.7 Å². The number of carbonyl (C=O) groups is 1. The van der Waals surface area contributed by atoms with Crippen LogP contribution in [-0.4, -0.2) is 26.4 Å². The molecule has 0 saturated heterocycles. The van der Waals surface area contributed by atoms with Crippen LogP contribution in [0.3, 0.4) is 0 Å². The Morgan fingerprint density at radius 2 is 1.62 bits per heavy atom. The van der Waals surface area contributed by atoms with Crippen molar-refractivity contribution in [2.45, 2.75) is 18.9 Å². The molecule has 6 rings (SSSR count). The highest BCUT2D eigenvalue weighted by atomic mass is 16.5. The molecule has 9 heteroatoms. The highest BCUT2D eigenvalue weighted by molar-refractivity contribution is 5.94. The van der Waals surface area contributed by atoms with Crippen LogP contribution in [0.25, 0.3) is 22.3 Å². The number of hydrogen-bond acceptors (Lipinski definition) is 9. The topological polar surface area (TPSA) is 147 Å². The van der Waals surface area contributed by atoms with E-state index < -0.39 is 40.3 Å². The predicted octanol–water partition coefficient (Wildman–Crippen LogP) is 5.30. The first-order chi connectivity index (χ1) is 19.3. The van der Waals surface area contributed by atoms with Gasteiger partial charge in [0.15, 0.2) is 17.3 Å². The lowest BCUT2D eigenvalue weighted by atomic mass is 9.85. The summed E-state index contributed by atoms with van der Waals surface area (Å²) in [6, 6.07) is 21.6. The van der Waals surface area contributed by atoms with Gasteiger partial charge in [0, 0.05) is 23.1 Å². The van der Waals surface area contributed by atoms with Gasteiger partial charge in [0.05, 0.1) is 6.42 Å². The van der Waals surface area contributed by atoms with Crippen molar-refractivity contribution in [3.8, 4) is 45.8 Å². The summed E-state index contributed by atoms with van der Waals surface area (Å²) in [5, 5.41) is 40.8. The molecule has 1 aromatic heterocycles. The molecule has 1 aliphatic rings. The van der Waals surface area contributed by atoms with Gasteiger partial charge >= 0.3 is 5.97 Å². The van der Waals surface area contributed by atoms with E-state index in [4.69, 9.17) is 13.9 Å². The minimum Gasteiger partial charge on any atom is -0.507 e. The Kier molecular flexibility index (Phi) is 6.03. The van der Waals surface area contributed by atoms with Gasteiger partial charge in [-0.05, 0) is 41.5 Å². The first-order valence-electron chi connectivity index (χ1n) is 12.4. The zero-order chi connectivity index (χ0) is 28.0. The molecule has 5 aromatic rings. The number of ether oxygens (including phenoxy) is 2. The third-order valence-electron chi connectivity index (χ3n) is 6.81. The van der Waals surface area contributed by atoms with Gasteiger partial charge < -0.3 is 34.3 Å². The summed E-state index contributed by atoms with van der Waals surface area (Å²) < 4.78 is 17.4. The van der Waals surface area contributed by atoms with Gasteiger partial charge in [-0.3, -0.25) is 9.59 Å². The largest absolute Gasteiger partial charge is 0.507 e. The highest BCUT2D eigenvalue weighted by Crippen LogP contribution is 2.47. The summed E-state index contributed by atoms with van der Waals surface area (Å²) in [5.41, 5.74) is 1.08. The Hall–Kier alpha value is -5.44.